The molecule has 0 saturated carbocycles. The molecule has 0 unspecified atom stereocenters. The van der Waals surface area contributed by atoms with E-state index < -0.39 is 23.7 Å². The summed E-state index contributed by atoms with van der Waals surface area (Å²) in [6, 6.07) is 8.47. The van der Waals surface area contributed by atoms with E-state index in [1.807, 2.05) is 30.5 Å². The van der Waals surface area contributed by atoms with Crippen molar-refractivity contribution in [2.75, 3.05) is 6.26 Å². The molecule has 2 N–H and O–H groups in total. The number of amides is 2. The zero-order chi connectivity index (χ0) is 22.5. The number of hydrogen-bond donors (Lipinski definition) is 2. The molecule has 0 aliphatic carbocycles. The lowest BCUT2D eigenvalue weighted by atomic mass is 9.85. The summed E-state index contributed by atoms with van der Waals surface area (Å²) in [5.74, 6) is -0.825. The van der Waals surface area contributed by atoms with Crippen LogP contribution in [0, 0.1) is 0 Å². The van der Waals surface area contributed by atoms with Gasteiger partial charge < -0.3 is 10.6 Å². The maximum Gasteiger partial charge on any atom is 0.412 e. The third-order valence-corrected chi connectivity index (χ3v) is 6.16. The molecule has 0 bridgehead atoms. The van der Waals surface area contributed by atoms with Crippen LogP contribution in [0.2, 0.25) is 0 Å². The van der Waals surface area contributed by atoms with E-state index in [0.29, 0.717) is 19.3 Å². The standard InChI is InChI=1S/C22H24F3N3O2S/c1-31-17-6-4-15(5-7-17)13-21(11-9-19(30)28-21)10-8-18(29)27-20(22(23,24)25)16-3-2-12-26-14-16/h2-7,12,14,20H,8-11,13H2,1H3,(H,27,29)(H,28,30)/t20-,21+/m0/s1. The average Bonchev–Trinajstić information content (AvgIpc) is 3.11. The Morgan fingerprint density at radius 1 is 1.29 bits per heavy atom. The van der Waals surface area contributed by atoms with Gasteiger partial charge in [0.2, 0.25) is 11.8 Å². The lowest BCUT2D eigenvalue weighted by Crippen LogP contribution is -2.45. The Bertz CT molecular complexity index is 906. The van der Waals surface area contributed by atoms with Crippen LogP contribution in [-0.4, -0.2) is 34.8 Å². The number of thioether (sulfide) groups is 1. The van der Waals surface area contributed by atoms with Crippen LogP contribution < -0.4 is 10.6 Å². The highest BCUT2D eigenvalue weighted by Gasteiger charge is 2.43. The van der Waals surface area contributed by atoms with Gasteiger partial charge in [-0.15, -0.1) is 11.8 Å². The number of hydrogen-bond acceptors (Lipinski definition) is 4. The first-order valence-corrected chi connectivity index (χ1v) is 11.1. The Balaban J connectivity index is 1.68. The van der Waals surface area contributed by atoms with E-state index in [0.717, 1.165) is 16.7 Å². The smallest absolute Gasteiger partial charge is 0.350 e. The first-order valence-electron chi connectivity index (χ1n) is 9.91. The van der Waals surface area contributed by atoms with Gasteiger partial charge >= 0.3 is 6.18 Å². The van der Waals surface area contributed by atoms with Crippen LogP contribution in [0.15, 0.2) is 53.7 Å². The molecule has 9 heteroatoms. The van der Waals surface area contributed by atoms with Gasteiger partial charge in [-0.25, -0.2) is 0 Å². The van der Waals surface area contributed by atoms with Crippen molar-refractivity contribution in [3.05, 3.63) is 59.9 Å². The highest BCUT2D eigenvalue weighted by Crippen LogP contribution is 2.33. The molecular weight excluding hydrogens is 427 g/mol. The number of carbonyl (C=O) groups is 2. The SMILES string of the molecule is CSc1ccc(C[C@@]2(CCC(=O)N[C@@H](c3cccnc3)C(F)(F)F)CCC(=O)N2)cc1. The van der Waals surface area contributed by atoms with E-state index in [4.69, 9.17) is 0 Å². The molecule has 1 saturated heterocycles. The fourth-order valence-electron chi connectivity index (χ4n) is 3.80. The summed E-state index contributed by atoms with van der Waals surface area (Å²) in [5.41, 5.74) is 0.238. The van der Waals surface area contributed by atoms with Gasteiger partial charge in [-0.05, 0) is 49.3 Å². The molecule has 3 rings (SSSR count). The first kappa shape index (κ1) is 23.1. The maximum atomic E-state index is 13.5. The second-order valence-corrected chi connectivity index (χ2v) is 8.56. The van der Waals surface area contributed by atoms with Crippen LogP contribution in [0.3, 0.4) is 0 Å². The van der Waals surface area contributed by atoms with E-state index in [-0.39, 0.29) is 24.3 Å². The lowest BCUT2D eigenvalue weighted by Gasteiger charge is -2.30. The summed E-state index contributed by atoms with van der Waals surface area (Å²) >= 11 is 1.62. The van der Waals surface area contributed by atoms with Gasteiger partial charge in [0, 0.05) is 41.2 Å². The highest BCUT2D eigenvalue weighted by molar-refractivity contribution is 7.98. The van der Waals surface area contributed by atoms with Gasteiger partial charge in [0.25, 0.3) is 0 Å². The van der Waals surface area contributed by atoms with Crippen molar-refractivity contribution in [3.63, 3.8) is 0 Å². The molecule has 2 aromatic rings. The van der Waals surface area contributed by atoms with E-state index in [1.54, 1.807) is 11.8 Å². The summed E-state index contributed by atoms with van der Waals surface area (Å²) in [6.07, 6.45) is 1.32. The fraction of sp³-hybridized carbons (Fsp3) is 0.409. The molecule has 2 heterocycles. The van der Waals surface area contributed by atoms with Crippen LogP contribution in [0.4, 0.5) is 13.2 Å². The van der Waals surface area contributed by atoms with Gasteiger partial charge in [0.05, 0.1) is 0 Å². The number of benzene rings is 1. The van der Waals surface area contributed by atoms with Gasteiger partial charge in [-0.3, -0.25) is 14.6 Å². The molecule has 5 nitrogen and oxygen atoms in total. The summed E-state index contributed by atoms with van der Waals surface area (Å²) in [7, 11) is 0. The molecule has 2 amide bonds. The van der Waals surface area contributed by atoms with Crippen LogP contribution in [0.1, 0.15) is 42.9 Å². The molecule has 0 spiro atoms. The van der Waals surface area contributed by atoms with E-state index in [2.05, 4.69) is 15.6 Å². The Morgan fingerprint density at radius 2 is 2.03 bits per heavy atom. The van der Waals surface area contributed by atoms with Crippen molar-refractivity contribution in [3.8, 4) is 0 Å². The van der Waals surface area contributed by atoms with Crippen molar-refractivity contribution in [2.24, 2.45) is 0 Å². The van der Waals surface area contributed by atoms with E-state index in [9.17, 15) is 22.8 Å². The quantitative estimate of drug-likeness (QED) is 0.591. The van der Waals surface area contributed by atoms with Crippen LogP contribution in [-0.2, 0) is 16.0 Å². The summed E-state index contributed by atoms with van der Waals surface area (Å²) in [5, 5.41) is 5.04. The molecule has 1 fully saturated rings. The first-order chi connectivity index (χ1) is 14.7. The van der Waals surface area contributed by atoms with Crippen molar-refractivity contribution in [2.45, 2.75) is 54.8 Å². The molecule has 1 aromatic heterocycles. The number of aromatic nitrogens is 1. The van der Waals surface area contributed by atoms with Crippen molar-refractivity contribution >= 4 is 23.6 Å². The van der Waals surface area contributed by atoms with Crippen molar-refractivity contribution < 1.29 is 22.8 Å². The number of carbonyl (C=O) groups excluding carboxylic acids is 2. The zero-order valence-corrected chi connectivity index (χ0v) is 17.9. The minimum atomic E-state index is -4.64. The summed E-state index contributed by atoms with van der Waals surface area (Å²) < 4.78 is 40.4. The molecule has 166 valence electrons. The molecule has 0 radical (unpaired) electrons. The molecule has 1 aliphatic rings. The average molecular weight is 452 g/mol. The largest absolute Gasteiger partial charge is 0.412 e. The van der Waals surface area contributed by atoms with Crippen LogP contribution in [0.5, 0.6) is 0 Å². The molecule has 1 aromatic carbocycles. The van der Waals surface area contributed by atoms with Gasteiger partial charge in [0.15, 0.2) is 6.04 Å². The molecular formula is C22H24F3N3O2S. The van der Waals surface area contributed by atoms with Crippen molar-refractivity contribution in [1.29, 1.82) is 0 Å². The number of rotatable bonds is 8. The lowest BCUT2D eigenvalue weighted by molar-refractivity contribution is -0.163. The van der Waals surface area contributed by atoms with E-state index >= 15 is 0 Å². The molecule has 2 atom stereocenters. The number of halogens is 3. The maximum absolute atomic E-state index is 13.5. The number of alkyl halides is 3. The number of nitrogens with one attached hydrogen (secondary N) is 2. The monoisotopic (exact) mass is 451 g/mol. The molecule has 31 heavy (non-hydrogen) atoms. The van der Waals surface area contributed by atoms with Gasteiger partial charge in [0.1, 0.15) is 0 Å². The van der Waals surface area contributed by atoms with E-state index in [1.165, 1.54) is 18.3 Å². The third kappa shape index (κ3) is 6.22. The second kappa shape index (κ2) is 9.72. The van der Waals surface area contributed by atoms with Gasteiger partial charge in [-0.2, -0.15) is 13.2 Å². The topological polar surface area (TPSA) is 71.1 Å². The Morgan fingerprint density at radius 3 is 2.58 bits per heavy atom. The predicted molar refractivity (Wildman–Crippen MR) is 112 cm³/mol. The Labute approximate surface area is 183 Å². The predicted octanol–water partition coefficient (Wildman–Crippen LogP) is 4.19. The third-order valence-electron chi connectivity index (χ3n) is 5.42. The zero-order valence-electron chi connectivity index (χ0n) is 17.0. The Kier molecular flexibility index (Phi) is 7.25. The second-order valence-electron chi connectivity index (χ2n) is 7.68. The number of pyridine rings is 1. The van der Waals surface area contributed by atoms with Crippen LogP contribution >= 0.6 is 11.8 Å². The van der Waals surface area contributed by atoms with Crippen LogP contribution in [0.25, 0.3) is 0 Å². The number of nitrogens with zero attached hydrogens (tertiary/aromatic N) is 1. The van der Waals surface area contributed by atoms with Gasteiger partial charge in [-0.1, -0.05) is 18.2 Å². The fourth-order valence-corrected chi connectivity index (χ4v) is 4.21. The van der Waals surface area contributed by atoms with Crippen molar-refractivity contribution in [1.82, 2.24) is 15.6 Å². The Hall–Kier alpha value is -2.55. The highest BCUT2D eigenvalue weighted by atomic mass is 32.2. The normalized spacial score (nSPS) is 19.7. The summed E-state index contributed by atoms with van der Waals surface area (Å²) in [4.78, 5) is 29.2. The minimum Gasteiger partial charge on any atom is -0.350 e. The minimum absolute atomic E-state index is 0.107. The summed E-state index contributed by atoms with van der Waals surface area (Å²) in [6.45, 7) is 0. The molecule has 1 aliphatic heterocycles.